The molecule has 9 heteroatoms. The van der Waals surface area contributed by atoms with Crippen molar-refractivity contribution < 1.29 is 18.7 Å². The average Bonchev–Trinajstić information content (AvgIpc) is 3.34. The highest BCUT2D eigenvalue weighted by Gasteiger charge is 2.49. The molecule has 2 aliphatic rings. The van der Waals surface area contributed by atoms with Gasteiger partial charge in [0, 0.05) is 32.4 Å². The van der Waals surface area contributed by atoms with Gasteiger partial charge >= 0.3 is 6.09 Å². The number of likely N-dealkylation sites (tertiary alicyclic amines) is 1. The van der Waals surface area contributed by atoms with E-state index < -0.39 is 5.60 Å². The van der Waals surface area contributed by atoms with Crippen LogP contribution >= 0.6 is 11.8 Å². The first-order valence-corrected chi connectivity index (χ1v) is 9.25. The Balaban J connectivity index is 1.37. The molecule has 2 aliphatic heterocycles. The molecule has 2 fully saturated rings. The minimum atomic E-state index is -0.586. The molecule has 4 rings (SSSR count). The number of hydrogen-bond donors (Lipinski definition) is 0. The number of nitrogens with zero attached hydrogens (tertiary/aromatic N) is 4. The predicted octanol–water partition coefficient (Wildman–Crippen LogP) is 2.03. The molecular weight excluding hydrogens is 356 g/mol. The fourth-order valence-corrected chi connectivity index (χ4v) is 3.94. The van der Waals surface area contributed by atoms with E-state index in [-0.39, 0.29) is 12.0 Å². The Bertz CT molecular complexity index is 827. The highest BCUT2D eigenvalue weighted by molar-refractivity contribution is 7.98. The molecule has 0 bridgehead atoms. The van der Waals surface area contributed by atoms with E-state index in [0.717, 1.165) is 0 Å². The average molecular weight is 374 g/mol. The molecule has 2 aromatic rings. The first-order chi connectivity index (χ1) is 12.5. The van der Waals surface area contributed by atoms with Gasteiger partial charge < -0.3 is 19.0 Å². The molecule has 2 amide bonds. The van der Waals surface area contributed by atoms with Gasteiger partial charge in [-0.3, -0.25) is 4.79 Å². The van der Waals surface area contributed by atoms with Crippen LogP contribution in [0, 0.1) is 0 Å². The zero-order valence-corrected chi connectivity index (χ0v) is 15.1. The second kappa shape index (κ2) is 6.64. The number of carbonyl (C=O) groups excluding carboxylic acids is 2. The number of amides is 2. The Morgan fingerprint density at radius 3 is 2.85 bits per heavy atom. The van der Waals surface area contributed by atoms with Gasteiger partial charge in [0.15, 0.2) is 16.5 Å². The van der Waals surface area contributed by atoms with Crippen molar-refractivity contribution in [2.24, 2.45) is 0 Å². The molecule has 2 aromatic heterocycles. The van der Waals surface area contributed by atoms with Crippen molar-refractivity contribution >= 4 is 23.8 Å². The standard InChI is InChI=1S/C17H18N4O4S/c1-20-10-17(25-16(20)23)5-8-21(11-17)14(22)13-4-3-12(24-13)9-26-15-18-6-2-7-19-15/h2-4,6-7H,5,8-11H2,1H3/t17-/m0/s1. The summed E-state index contributed by atoms with van der Waals surface area (Å²) in [5, 5.41) is 0.658. The molecule has 1 spiro atoms. The lowest BCUT2D eigenvalue weighted by atomic mass is 10.0. The van der Waals surface area contributed by atoms with Gasteiger partial charge in [0.1, 0.15) is 5.76 Å². The molecule has 0 unspecified atom stereocenters. The van der Waals surface area contributed by atoms with E-state index in [2.05, 4.69) is 9.97 Å². The quantitative estimate of drug-likeness (QED) is 0.597. The Kier molecular flexibility index (Phi) is 4.31. The van der Waals surface area contributed by atoms with Crippen LogP contribution in [0.15, 0.2) is 40.2 Å². The van der Waals surface area contributed by atoms with Gasteiger partial charge in [0.25, 0.3) is 5.91 Å². The van der Waals surface area contributed by atoms with Crippen molar-refractivity contribution in [3.8, 4) is 0 Å². The highest BCUT2D eigenvalue weighted by atomic mass is 32.2. The molecule has 0 saturated carbocycles. The van der Waals surface area contributed by atoms with Crippen molar-refractivity contribution in [1.29, 1.82) is 0 Å². The first-order valence-electron chi connectivity index (χ1n) is 8.27. The van der Waals surface area contributed by atoms with Crippen LogP contribution in [-0.4, -0.2) is 64.1 Å². The summed E-state index contributed by atoms with van der Waals surface area (Å²) in [6.07, 6.45) is 3.68. The van der Waals surface area contributed by atoms with Gasteiger partial charge in [-0.2, -0.15) is 0 Å². The molecule has 8 nitrogen and oxygen atoms in total. The molecule has 0 aromatic carbocycles. The predicted molar refractivity (Wildman–Crippen MR) is 92.7 cm³/mol. The molecule has 1 atom stereocenters. The molecule has 26 heavy (non-hydrogen) atoms. The summed E-state index contributed by atoms with van der Waals surface area (Å²) < 4.78 is 11.2. The molecule has 4 heterocycles. The largest absolute Gasteiger partial charge is 0.455 e. The van der Waals surface area contributed by atoms with Crippen molar-refractivity contribution in [2.75, 3.05) is 26.7 Å². The Hall–Kier alpha value is -2.55. The van der Waals surface area contributed by atoms with E-state index in [1.807, 2.05) is 0 Å². The zero-order chi connectivity index (χ0) is 18.1. The third-order valence-electron chi connectivity index (χ3n) is 4.50. The van der Waals surface area contributed by atoms with E-state index >= 15 is 0 Å². The van der Waals surface area contributed by atoms with Crippen LogP contribution in [0.4, 0.5) is 4.79 Å². The van der Waals surface area contributed by atoms with E-state index in [1.54, 1.807) is 47.4 Å². The number of ether oxygens (including phenoxy) is 1. The fourth-order valence-electron chi connectivity index (χ4n) is 3.24. The van der Waals surface area contributed by atoms with Crippen molar-refractivity contribution in [3.63, 3.8) is 0 Å². The summed E-state index contributed by atoms with van der Waals surface area (Å²) in [6.45, 7) is 1.44. The minimum absolute atomic E-state index is 0.181. The summed E-state index contributed by atoms with van der Waals surface area (Å²) in [6, 6.07) is 5.23. The number of thioether (sulfide) groups is 1. The lowest BCUT2D eigenvalue weighted by molar-refractivity contribution is 0.0538. The third kappa shape index (κ3) is 3.26. The molecule has 0 N–H and O–H groups in total. The van der Waals surface area contributed by atoms with Crippen LogP contribution in [0.5, 0.6) is 0 Å². The van der Waals surface area contributed by atoms with Crippen molar-refractivity contribution in [2.45, 2.75) is 22.9 Å². The number of aromatic nitrogens is 2. The molecule has 0 aliphatic carbocycles. The summed E-state index contributed by atoms with van der Waals surface area (Å²) in [5.74, 6) is 1.35. The van der Waals surface area contributed by atoms with E-state index in [4.69, 9.17) is 9.15 Å². The summed E-state index contributed by atoms with van der Waals surface area (Å²) in [7, 11) is 1.70. The summed E-state index contributed by atoms with van der Waals surface area (Å²) in [4.78, 5) is 35.8. The smallest absolute Gasteiger partial charge is 0.410 e. The number of rotatable bonds is 4. The van der Waals surface area contributed by atoms with Gasteiger partial charge in [-0.1, -0.05) is 11.8 Å². The highest BCUT2D eigenvalue weighted by Crippen LogP contribution is 2.32. The molecule has 2 saturated heterocycles. The number of likely N-dealkylation sites (N-methyl/N-ethyl adjacent to an activating group) is 1. The number of hydrogen-bond acceptors (Lipinski definition) is 7. The number of carbonyl (C=O) groups is 2. The second-order valence-corrected chi connectivity index (χ2v) is 7.41. The van der Waals surface area contributed by atoms with Crippen LogP contribution in [0.25, 0.3) is 0 Å². The third-order valence-corrected chi connectivity index (χ3v) is 5.40. The van der Waals surface area contributed by atoms with Crippen molar-refractivity contribution in [1.82, 2.24) is 19.8 Å². The van der Waals surface area contributed by atoms with E-state index in [1.165, 1.54) is 11.8 Å². The Morgan fingerprint density at radius 1 is 1.31 bits per heavy atom. The molecule has 0 radical (unpaired) electrons. The van der Waals surface area contributed by atoms with Crippen LogP contribution in [0.2, 0.25) is 0 Å². The van der Waals surface area contributed by atoms with Gasteiger partial charge in [-0.05, 0) is 18.2 Å². The number of furan rings is 1. The summed E-state index contributed by atoms with van der Waals surface area (Å²) in [5.41, 5.74) is -0.586. The Morgan fingerprint density at radius 2 is 2.12 bits per heavy atom. The molecular formula is C17H18N4O4S. The van der Waals surface area contributed by atoms with Gasteiger partial charge in [0.2, 0.25) is 0 Å². The zero-order valence-electron chi connectivity index (χ0n) is 14.3. The van der Waals surface area contributed by atoms with Gasteiger partial charge in [-0.25, -0.2) is 14.8 Å². The van der Waals surface area contributed by atoms with Crippen LogP contribution in [0.1, 0.15) is 22.7 Å². The Labute approximate surface area is 154 Å². The SMILES string of the molecule is CN1C[C@]2(CCN(C(=O)c3ccc(CSc4ncccn4)o3)C2)OC1=O. The van der Waals surface area contributed by atoms with Crippen LogP contribution < -0.4 is 0 Å². The normalized spacial score (nSPS) is 22.3. The van der Waals surface area contributed by atoms with Gasteiger partial charge in [-0.15, -0.1) is 0 Å². The lowest BCUT2D eigenvalue weighted by Crippen LogP contribution is -2.39. The second-order valence-electron chi connectivity index (χ2n) is 6.47. The van der Waals surface area contributed by atoms with Crippen LogP contribution in [0.3, 0.4) is 0 Å². The van der Waals surface area contributed by atoms with E-state index in [9.17, 15) is 9.59 Å². The van der Waals surface area contributed by atoms with Crippen molar-refractivity contribution in [3.05, 3.63) is 42.1 Å². The maximum Gasteiger partial charge on any atom is 0.410 e. The van der Waals surface area contributed by atoms with E-state index in [0.29, 0.717) is 48.5 Å². The van der Waals surface area contributed by atoms with Crippen LogP contribution in [-0.2, 0) is 10.5 Å². The van der Waals surface area contributed by atoms with Gasteiger partial charge in [0.05, 0.1) is 18.8 Å². The maximum atomic E-state index is 12.7. The first kappa shape index (κ1) is 16.9. The minimum Gasteiger partial charge on any atom is -0.455 e. The lowest BCUT2D eigenvalue weighted by Gasteiger charge is -2.21. The monoisotopic (exact) mass is 374 g/mol. The topological polar surface area (TPSA) is 88.8 Å². The summed E-state index contributed by atoms with van der Waals surface area (Å²) >= 11 is 1.44. The fraction of sp³-hybridized carbons (Fsp3) is 0.412. The maximum absolute atomic E-state index is 12.7. The molecule has 136 valence electrons.